The average Bonchev–Trinajstić information content (AvgIpc) is 3.98. The summed E-state index contributed by atoms with van der Waals surface area (Å²) in [6.45, 7) is 11.4. The number of methoxy groups -OCH3 is 1. The van der Waals surface area contributed by atoms with E-state index in [0.29, 0.717) is 24.5 Å². The molecule has 1 aromatic carbocycles. The molecular formula is C39H51N3O9S. The number of esters is 1. The molecule has 0 radical (unpaired) electrons. The van der Waals surface area contributed by atoms with Crippen molar-refractivity contribution in [2.24, 2.45) is 22.7 Å². The number of allylic oxidation sites excluding steroid dienone is 1. The Balaban J connectivity index is 1.27. The second kappa shape index (κ2) is 14.1. The van der Waals surface area contributed by atoms with Gasteiger partial charge in [-0.3, -0.25) is 23.9 Å². The molecule has 1 aromatic heterocycles. The Morgan fingerprint density at radius 3 is 2.46 bits per heavy atom. The van der Waals surface area contributed by atoms with Crippen molar-refractivity contribution < 1.29 is 41.8 Å². The molecule has 3 aliphatic carbocycles. The van der Waals surface area contributed by atoms with Gasteiger partial charge in [0.2, 0.25) is 27.7 Å². The van der Waals surface area contributed by atoms with Gasteiger partial charge in [-0.15, -0.1) is 6.58 Å². The number of aromatic nitrogens is 1. The lowest BCUT2D eigenvalue weighted by molar-refractivity contribution is -0.163. The van der Waals surface area contributed by atoms with Crippen molar-refractivity contribution in [1.82, 2.24) is 14.6 Å². The lowest BCUT2D eigenvalue weighted by Gasteiger charge is -2.35. The van der Waals surface area contributed by atoms with Crippen LogP contribution in [-0.2, 0) is 33.9 Å². The number of amides is 2. The molecule has 1 aliphatic heterocycles. The van der Waals surface area contributed by atoms with Crippen LogP contribution in [0.1, 0.15) is 91.9 Å². The number of hydrogen-bond donors (Lipinski definition) is 1. The van der Waals surface area contributed by atoms with Gasteiger partial charge in [0.25, 0.3) is 0 Å². The van der Waals surface area contributed by atoms with Crippen LogP contribution in [0, 0.1) is 22.7 Å². The first-order chi connectivity index (χ1) is 24.5. The van der Waals surface area contributed by atoms with Crippen molar-refractivity contribution in [3.63, 3.8) is 0 Å². The number of nitrogens with zero attached hydrogens (tertiary/aromatic N) is 2. The van der Waals surface area contributed by atoms with Crippen molar-refractivity contribution in [3.05, 3.63) is 43.1 Å². The van der Waals surface area contributed by atoms with Gasteiger partial charge in [0.15, 0.2) is 5.78 Å². The van der Waals surface area contributed by atoms with E-state index in [4.69, 9.17) is 14.2 Å². The van der Waals surface area contributed by atoms with Crippen molar-refractivity contribution in [2.75, 3.05) is 13.7 Å². The Labute approximate surface area is 306 Å². The summed E-state index contributed by atoms with van der Waals surface area (Å²) >= 11 is 0. The smallest absolute Gasteiger partial charge is 0.307 e. The fraction of sp³-hybridized carbons (Fsp3) is 0.615. The highest BCUT2D eigenvalue weighted by atomic mass is 32.2. The second-order valence-electron chi connectivity index (χ2n) is 16.5. The van der Waals surface area contributed by atoms with Gasteiger partial charge in [-0.05, 0) is 92.9 Å². The summed E-state index contributed by atoms with van der Waals surface area (Å²) in [5, 5.41) is 0.960. The lowest BCUT2D eigenvalue weighted by Crippen LogP contribution is -2.49. The second-order valence-corrected chi connectivity index (χ2v) is 18.4. The van der Waals surface area contributed by atoms with Gasteiger partial charge in [-0.1, -0.05) is 26.8 Å². The number of rotatable bonds is 14. The number of hydrogen-bond acceptors (Lipinski definition) is 10. The fourth-order valence-electron chi connectivity index (χ4n) is 7.92. The van der Waals surface area contributed by atoms with Crippen molar-refractivity contribution in [3.8, 4) is 11.6 Å². The van der Waals surface area contributed by atoms with Crippen molar-refractivity contribution in [1.29, 1.82) is 0 Å². The molecule has 3 saturated carbocycles. The molecule has 12 nitrogen and oxygen atoms in total. The van der Waals surface area contributed by atoms with Crippen molar-refractivity contribution in [2.45, 2.75) is 115 Å². The topological polar surface area (TPSA) is 158 Å². The summed E-state index contributed by atoms with van der Waals surface area (Å²) in [6.07, 6.45) is 6.98. The van der Waals surface area contributed by atoms with Gasteiger partial charge >= 0.3 is 5.97 Å². The molecule has 4 aliphatic rings. The third kappa shape index (κ3) is 7.84. The third-order valence-electron chi connectivity index (χ3n) is 11.4. The van der Waals surface area contributed by atoms with E-state index in [1.54, 1.807) is 25.4 Å². The Kier molecular flexibility index (Phi) is 10.2. The molecule has 1 N–H and O–H groups in total. The molecule has 2 aromatic rings. The maximum absolute atomic E-state index is 14.7. The number of sulfonamides is 1. The Bertz CT molecular complexity index is 1860. The zero-order valence-corrected chi connectivity index (χ0v) is 31.6. The molecule has 282 valence electrons. The zero-order valence-electron chi connectivity index (χ0n) is 30.8. The predicted octanol–water partition coefficient (Wildman–Crippen LogP) is 5.28. The maximum Gasteiger partial charge on any atom is 0.307 e. The van der Waals surface area contributed by atoms with Crippen molar-refractivity contribution >= 4 is 44.4 Å². The molecule has 1 unspecified atom stereocenters. The molecular weight excluding hydrogens is 687 g/mol. The van der Waals surface area contributed by atoms with Crippen LogP contribution < -0.4 is 14.2 Å². The summed E-state index contributed by atoms with van der Waals surface area (Å²) in [5.74, 6) is -2.14. The SMILES string of the molecule is C=C[C@@H]1C[C@]1(CC(=O)[C@@H]1CC(Oc2nccc3cc(OC)ccc23)CN1C(=O)[C@@H](CC(=O)OC1(C)CCCC1)C(C)(C)C)C(=O)NS(=O)(=O)C1CC1. The van der Waals surface area contributed by atoms with E-state index in [1.807, 2.05) is 45.9 Å². The van der Waals surface area contributed by atoms with Crippen LogP contribution >= 0.6 is 0 Å². The van der Waals surface area contributed by atoms with Gasteiger partial charge in [-0.25, -0.2) is 13.4 Å². The number of likely N-dealkylation sites (tertiary alicyclic amines) is 1. The van der Waals surface area contributed by atoms with Gasteiger partial charge in [-0.2, -0.15) is 0 Å². The fourth-order valence-corrected chi connectivity index (χ4v) is 9.30. The minimum Gasteiger partial charge on any atom is -0.497 e. The first kappa shape index (κ1) is 37.7. The minimum absolute atomic E-state index is 0.0446. The monoisotopic (exact) mass is 737 g/mol. The summed E-state index contributed by atoms with van der Waals surface area (Å²) < 4.78 is 45.4. The number of carbonyl (C=O) groups is 4. The van der Waals surface area contributed by atoms with E-state index in [1.165, 1.54) is 4.90 Å². The quantitative estimate of drug-likeness (QED) is 0.200. The number of benzene rings is 1. The largest absolute Gasteiger partial charge is 0.497 e. The molecule has 2 amide bonds. The molecule has 4 fully saturated rings. The maximum atomic E-state index is 14.7. The summed E-state index contributed by atoms with van der Waals surface area (Å²) in [7, 11) is -2.26. The number of ketones is 1. The standard InChI is InChI=1S/C39H51N3O9S/c1-7-25-21-39(25,36(46)41-52(47,48)28-11-12-28)22-32(43)31-19-27(50-34-29-13-10-26(49-6)18-24(29)14-17-40-34)23-42(31)35(45)30(37(2,3)4)20-33(44)51-38(5)15-8-9-16-38/h7,10,13-14,17-18,25,27-28,30-31H,1,8-9,11-12,15-16,19-23H2,2-6H3,(H,41,46)/t25-,27?,30-,31+,39-/m1/s1. The first-order valence-electron chi connectivity index (χ1n) is 18.3. The van der Waals surface area contributed by atoms with E-state index in [-0.39, 0.29) is 43.9 Å². The molecule has 0 bridgehead atoms. The van der Waals surface area contributed by atoms with E-state index >= 15 is 0 Å². The van der Waals surface area contributed by atoms with Gasteiger partial charge in [0.05, 0.1) is 42.7 Å². The number of nitrogens with one attached hydrogen (secondary N) is 1. The van der Waals surface area contributed by atoms with Crippen LogP contribution in [0.3, 0.4) is 0 Å². The number of ether oxygens (including phenoxy) is 3. The number of fused-ring (bicyclic) bond motifs is 1. The lowest BCUT2D eigenvalue weighted by atomic mass is 9.77. The van der Waals surface area contributed by atoms with Gasteiger partial charge < -0.3 is 19.1 Å². The highest BCUT2D eigenvalue weighted by molar-refractivity contribution is 7.90. The number of pyridine rings is 1. The number of Topliss-reactive ketones (excluding diaryl/α,β-unsaturated/α-hetero) is 1. The molecule has 2 heterocycles. The Morgan fingerprint density at radius 2 is 1.85 bits per heavy atom. The molecule has 1 saturated heterocycles. The first-order valence-corrected chi connectivity index (χ1v) is 19.9. The molecule has 5 atom stereocenters. The molecule has 52 heavy (non-hydrogen) atoms. The van der Waals surface area contributed by atoms with E-state index in [9.17, 15) is 27.6 Å². The van der Waals surface area contributed by atoms with Crippen LogP contribution in [0.15, 0.2) is 43.1 Å². The zero-order chi connectivity index (χ0) is 37.6. The normalized spacial score (nSPS) is 26.0. The number of carbonyl (C=O) groups excluding carboxylic acids is 4. The predicted molar refractivity (Wildman–Crippen MR) is 194 cm³/mol. The highest BCUT2D eigenvalue weighted by Gasteiger charge is 2.61. The van der Waals surface area contributed by atoms with E-state index in [0.717, 1.165) is 36.5 Å². The van der Waals surface area contributed by atoms with Gasteiger partial charge in [0.1, 0.15) is 17.5 Å². The van der Waals surface area contributed by atoms with Gasteiger partial charge in [0, 0.05) is 24.4 Å². The highest BCUT2D eigenvalue weighted by Crippen LogP contribution is 2.57. The molecule has 6 rings (SSSR count). The summed E-state index contributed by atoms with van der Waals surface area (Å²) in [4.78, 5) is 61.9. The van der Waals surface area contributed by atoms with E-state index in [2.05, 4.69) is 16.3 Å². The average molecular weight is 738 g/mol. The van der Waals surface area contributed by atoms with Crippen LogP contribution in [0.25, 0.3) is 10.8 Å². The molecule has 13 heteroatoms. The summed E-state index contributed by atoms with van der Waals surface area (Å²) in [6, 6.07) is 6.34. The van der Waals surface area contributed by atoms with Crippen LogP contribution in [0.5, 0.6) is 11.6 Å². The molecule has 0 spiro atoms. The Morgan fingerprint density at radius 1 is 1.13 bits per heavy atom. The summed E-state index contributed by atoms with van der Waals surface area (Å²) in [5.41, 5.74) is -2.51. The minimum atomic E-state index is -3.85. The van der Waals surface area contributed by atoms with Crippen LogP contribution in [-0.4, -0.2) is 78.5 Å². The Hall–Kier alpha value is -4.00. The third-order valence-corrected chi connectivity index (χ3v) is 13.2. The van der Waals surface area contributed by atoms with E-state index < -0.39 is 67.6 Å². The van der Waals surface area contributed by atoms with Crippen LogP contribution in [0.4, 0.5) is 0 Å². The van der Waals surface area contributed by atoms with Crippen LogP contribution in [0.2, 0.25) is 0 Å².